The average molecular weight is 460 g/mol. The summed E-state index contributed by atoms with van der Waals surface area (Å²) in [6.07, 6.45) is 3.17. The van der Waals surface area contributed by atoms with E-state index in [-0.39, 0.29) is 11.7 Å². The highest BCUT2D eigenvalue weighted by Gasteiger charge is 2.19. The first-order valence-electron chi connectivity index (χ1n) is 9.10. The Morgan fingerprint density at radius 2 is 2.23 bits per heavy atom. The molecule has 10 heteroatoms. The van der Waals surface area contributed by atoms with Gasteiger partial charge in [-0.15, -0.1) is 28.1 Å². The molecule has 3 aromatic heterocycles. The van der Waals surface area contributed by atoms with Crippen molar-refractivity contribution in [2.24, 2.45) is 0 Å². The summed E-state index contributed by atoms with van der Waals surface area (Å²) in [6.45, 7) is 6.28. The number of thiazole rings is 1. The van der Waals surface area contributed by atoms with E-state index in [1.165, 1.54) is 27.5 Å². The third kappa shape index (κ3) is 4.43. The van der Waals surface area contributed by atoms with E-state index in [0.29, 0.717) is 44.7 Å². The molecule has 0 aliphatic rings. The van der Waals surface area contributed by atoms with Gasteiger partial charge < -0.3 is 4.74 Å². The number of thioether (sulfide) groups is 1. The highest BCUT2D eigenvalue weighted by Crippen LogP contribution is 2.27. The molecule has 0 saturated carbocycles. The van der Waals surface area contributed by atoms with Gasteiger partial charge in [0.2, 0.25) is 0 Å². The second-order valence-corrected chi connectivity index (χ2v) is 8.64. The van der Waals surface area contributed by atoms with Crippen molar-refractivity contribution in [1.82, 2.24) is 24.1 Å². The topological polar surface area (TPSA) is 74.3 Å². The van der Waals surface area contributed by atoms with Crippen molar-refractivity contribution in [3.63, 3.8) is 0 Å². The number of aromatic nitrogens is 5. The monoisotopic (exact) mass is 459 g/mol. The number of rotatable bonds is 8. The van der Waals surface area contributed by atoms with Crippen molar-refractivity contribution >= 4 is 39.7 Å². The fourth-order valence-electron chi connectivity index (χ4n) is 2.91. The molecule has 3 heterocycles. The van der Waals surface area contributed by atoms with Crippen LogP contribution in [0.4, 0.5) is 0 Å². The molecule has 0 bridgehead atoms. The maximum absolute atomic E-state index is 12.2. The Hall–Kier alpha value is -2.62. The van der Waals surface area contributed by atoms with Crippen LogP contribution in [0.2, 0.25) is 5.02 Å². The molecule has 0 fully saturated rings. The maximum Gasteiger partial charge on any atom is 0.258 e. The van der Waals surface area contributed by atoms with E-state index in [1.54, 1.807) is 30.5 Å². The Labute approximate surface area is 186 Å². The van der Waals surface area contributed by atoms with Crippen molar-refractivity contribution < 1.29 is 4.74 Å². The number of ether oxygens (including phenoxy) is 1. The SMILES string of the molecule is C=CCn1c(SCc2cc(=O)n3ccsc3n2)nnc1C(C)Oc1cccc(Cl)c1. The molecule has 0 radical (unpaired) electrons. The van der Waals surface area contributed by atoms with Gasteiger partial charge in [0.1, 0.15) is 5.75 Å². The second-order valence-electron chi connectivity index (χ2n) is 6.39. The lowest BCUT2D eigenvalue weighted by molar-refractivity contribution is 0.210. The van der Waals surface area contributed by atoms with Gasteiger partial charge in [-0.25, -0.2) is 4.98 Å². The first-order valence-corrected chi connectivity index (χ1v) is 11.3. The summed E-state index contributed by atoms with van der Waals surface area (Å²) >= 11 is 8.93. The van der Waals surface area contributed by atoms with Gasteiger partial charge in [-0.1, -0.05) is 35.5 Å². The lowest BCUT2D eigenvalue weighted by Gasteiger charge is -2.15. The van der Waals surface area contributed by atoms with Crippen LogP contribution in [-0.4, -0.2) is 24.1 Å². The number of nitrogens with zero attached hydrogens (tertiary/aromatic N) is 5. The molecule has 0 aliphatic carbocycles. The first-order chi connectivity index (χ1) is 14.5. The van der Waals surface area contributed by atoms with Gasteiger partial charge in [0, 0.05) is 35.0 Å². The number of allylic oxidation sites excluding steroid dienone is 1. The van der Waals surface area contributed by atoms with E-state index in [0.717, 1.165) is 0 Å². The zero-order valence-electron chi connectivity index (χ0n) is 16.1. The van der Waals surface area contributed by atoms with Crippen LogP contribution in [-0.2, 0) is 12.3 Å². The average Bonchev–Trinajstić information content (AvgIpc) is 3.34. The van der Waals surface area contributed by atoms with Crippen LogP contribution in [0, 0.1) is 0 Å². The maximum atomic E-state index is 12.2. The molecule has 0 saturated heterocycles. The molecule has 1 unspecified atom stereocenters. The molecule has 7 nitrogen and oxygen atoms in total. The third-order valence-electron chi connectivity index (χ3n) is 4.24. The molecule has 0 N–H and O–H groups in total. The number of halogens is 1. The van der Waals surface area contributed by atoms with E-state index >= 15 is 0 Å². The van der Waals surface area contributed by atoms with E-state index in [9.17, 15) is 4.79 Å². The van der Waals surface area contributed by atoms with Gasteiger partial charge in [-0.3, -0.25) is 13.8 Å². The number of hydrogen-bond acceptors (Lipinski definition) is 7. The Balaban J connectivity index is 1.54. The largest absolute Gasteiger partial charge is 0.483 e. The smallest absolute Gasteiger partial charge is 0.258 e. The quantitative estimate of drug-likeness (QED) is 0.283. The normalized spacial score (nSPS) is 12.2. The van der Waals surface area contributed by atoms with Crippen molar-refractivity contribution in [3.05, 3.63) is 81.5 Å². The number of benzene rings is 1. The van der Waals surface area contributed by atoms with Crippen molar-refractivity contribution in [3.8, 4) is 5.75 Å². The van der Waals surface area contributed by atoms with Gasteiger partial charge in [-0.2, -0.15) is 0 Å². The van der Waals surface area contributed by atoms with Gasteiger partial charge >= 0.3 is 0 Å². The van der Waals surface area contributed by atoms with Crippen LogP contribution >= 0.6 is 34.7 Å². The van der Waals surface area contributed by atoms with Gasteiger partial charge in [-0.05, 0) is 25.1 Å². The molecule has 0 spiro atoms. The summed E-state index contributed by atoms with van der Waals surface area (Å²) < 4.78 is 9.47. The molecule has 4 rings (SSSR count). The van der Waals surface area contributed by atoms with E-state index in [4.69, 9.17) is 16.3 Å². The highest BCUT2D eigenvalue weighted by atomic mass is 35.5. The second kappa shape index (κ2) is 9.03. The number of fused-ring (bicyclic) bond motifs is 1. The van der Waals surface area contributed by atoms with Crippen molar-refractivity contribution in [2.45, 2.75) is 30.5 Å². The molecule has 4 aromatic rings. The van der Waals surface area contributed by atoms with E-state index in [1.807, 2.05) is 29.0 Å². The predicted molar refractivity (Wildman–Crippen MR) is 120 cm³/mol. The fraction of sp³-hybridized carbons (Fsp3) is 0.200. The Morgan fingerprint density at radius 1 is 1.37 bits per heavy atom. The lowest BCUT2D eigenvalue weighted by Crippen LogP contribution is -2.13. The summed E-state index contributed by atoms with van der Waals surface area (Å²) in [7, 11) is 0. The van der Waals surface area contributed by atoms with Crippen LogP contribution < -0.4 is 10.3 Å². The Kier molecular flexibility index (Phi) is 6.21. The molecular weight excluding hydrogens is 442 g/mol. The Bertz CT molecular complexity index is 1250. The summed E-state index contributed by atoms with van der Waals surface area (Å²) in [6, 6.07) is 8.78. The summed E-state index contributed by atoms with van der Waals surface area (Å²) in [5.74, 6) is 1.84. The molecule has 1 aromatic carbocycles. The Morgan fingerprint density at radius 3 is 3.03 bits per heavy atom. The summed E-state index contributed by atoms with van der Waals surface area (Å²) in [5.41, 5.74) is 0.610. The van der Waals surface area contributed by atoms with E-state index in [2.05, 4.69) is 21.8 Å². The molecule has 0 aliphatic heterocycles. The molecule has 30 heavy (non-hydrogen) atoms. The van der Waals surface area contributed by atoms with Crippen LogP contribution in [0.1, 0.15) is 24.5 Å². The van der Waals surface area contributed by atoms with Crippen LogP contribution in [0.15, 0.2) is 64.5 Å². The van der Waals surface area contributed by atoms with Crippen LogP contribution in [0.3, 0.4) is 0 Å². The fourth-order valence-corrected chi connectivity index (χ4v) is 4.67. The van der Waals surface area contributed by atoms with Crippen molar-refractivity contribution in [1.29, 1.82) is 0 Å². The van der Waals surface area contributed by atoms with Crippen LogP contribution in [0.25, 0.3) is 4.96 Å². The molecule has 1 atom stereocenters. The van der Waals surface area contributed by atoms with Crippen LogP contribution in [0.5, 0.6) is 5.75 Å². The highest BCUT2D eigenvalue weighted by molar-refractivity contribution is 7.98. The first kappa shape index (κ1) is 20.6. The summed E-state index contributed by atoms with van der Waals surface area (Å²) in [4.78, 5) is 17.4. The van der Waals surface area contributed by atoms with Gasteiger partial charge in [0.15, 0.2) is 22.0 Å². The molecular formula is C20H18ClN5O2S2. The molecule has 0 amide bonds. The van der Waals surface area contributed by atoms with Crippen molar-refractivity contribution in [2.75, 3.05) is 0 Å². The third-order valence-corrected chi connectivity index (χ3v) is 6.23. The minimum atomic E-state index is -0.337. The molecule has 154 valence electrons. The minimum absolute atomic E-state index is 0.0892. The summed E-state index contributed by atoms with van der Waals surface area (Å²) in [5, 5.41) is 11.8. The van der Waals surface area contributed by atoms with Gasteiger partial charge in [0.05, 0.1) is 5.69 Å². The predicted octanol–water partition coefficient (Wildman–Crippen LogP) is 4.62. The minimum Gasteiger partial charge on any atom is -0.483 e. The number of hydrogen-bond donors (Lipinski definition) is 0. The lowest BCUT2D eigenvalue weighted by atomic mass is 10.3. The van der Waals surface area contributed by atoms with Gasteiger partial charge in [0.25, 0.3) is 5.56 Å². The zero-order chi connectivity index (χ0) is 21.1. The van der Waals surface area contributed by atoms with E-state index < -0.39 is 0 Å². The zero-order valence-corrected chi connectivity index (χ0v) is 18.5. The standard InChI is InChI=1S/C20H18ClN5O2S2/c1-3-7-26-18(13(2)28-16-6-4-5-14(21)10-16)23-24-20(26)30-12-15-11-17(27)25-8-9-29-19(25)22-15/h3-6,8-11,13H,1,7,12H2,2H3.